The van der Waals surface area contributed by atoms with Gasteiger partial charge in [0.15, 0.2) is 5.58 Å². The number of rotatable bonds is 3. The summed E-state index contributed by atoms with van der Waals surface area (Å²) in [6, 6.07) is 7.13. The molecule has 3 aromatic rings. The Morgan fingerprint density at radius 3 is 2.86 bits per heavy atom. The van der Waals surface area contributed by atoms with Crippen molar-refractivity contribution in [2.24, 2.45) is 12.5 Å². The summed E-state index contributed by atoms with van der Waals surface area (Å²) in [6.07, 6.45) is 2.44. The van der Waals surface area contributed by atoms with Gasteiger partial charge in [-0.3, -0.25) is 19.1 Å². The van der Waals surface area contributed by atoms with Crippen LogP contribution in [0.4, 0.5) is 0 Å². The highest BCUT2D eigenvalue weighted by molar-refractivity contribution is 5.94. The van der Waals surface area contributed by atoms with Gasteiger partial charge in [-0.2, -0.15) is 5.10 Å². The summed E-state index contributed by atoms with van der Waals surface area (Å²) in [5.74, 6) is -0.494. The summed E-state index contributed by atoms with van der Waals surface area (Å²) in [5, 5.41) is 5.99. The maximum absolute atomic E-state index is 12.5. The highest BCUT2D eigenvalue weighted by Crippen LogP contribution is 2.40. The van der Waals surface area contributed by atoms with Crippen molar-refractivity contribution < 1.29 is 9.21 Å². The summed E-state index contributed by atoms with van der Waals surface area (Å²) in [4.78, 5) is 39.7. The van der Waals surface area contributed by atoms with E-state index < -0.39 is 0 Å². The van der Waals surface area contributed by atoms with E-state index in [0.29, 0.717) is 24.2 Å². The molecule has 4 heterocycles. The van der Waals surface area contributed by atoms with E-state index in [1.807, 2.05) is 18.2 Å². The summed E-state index contributed by atoms with van der Waals surface area (Å²) in [7, 11) is 1.71. The Hall–Kier alpha value is -3.20. The van der Waals surface area contributed by atoms with Gasteiger partial charge >= 0.3 is 5.76 Å². The highest BCUT2D eigenvalue weighted by atomic mass is 16.4. The molecule has 1 amide bonds. The van der Waals surface area contributed by atoms with Gasteiger partial charge in [0, 0.05) is 44.7 Å². The van der Waals surface area contributed by atoms with Crippen LogP contribution in [0.5, 0.6) is 0 Å². The van der Waals surface area contributed by atoms with E-state index in [0.717, 1.165) is 37.1 Å². The number of nitrogens with zero attached hydrogens (tertiary/aromatic N) is 4. The molecule has 9 heteroatoms. The first-order valence-corrected chi connectivity index (χ1v) is 9.57. The number of aromatic amines is 1. The average molecular weight is 395 g/mol. The first-order chi connectivity index (χ1) is 13.9. The zero-order valence-corrected chi connectivity index (χ0v) is 16.1. The van der Waals surface area contributed by atoms with E-state index in [4.69, 9.17) is 4.42 Å². The van der Waals surface area contributed by atoms with Crippen LogP contribution in [-0.4, -0.2) is 56.7 Å². The van der Waals surface area contributed by atoms with Crippen LogP contribution in [0.1, 0.15) is 22.3 Å². The number of likely N-dealkylation sites (tertiary alicyclic amines) is 2. The zero-order chi connectivity index (χ0) is 20.2. The lowest BCUT2D eigenvalue weighted by atomic mass is 9.79. The fourth-order valence-electron chi connectivity index (χ4n) is 4.53. The van der Waals surface area contributed by atoms with Crippen LogP contribution in [0.15, 0.2) is 44.5 Å². The van der Waals surface area contributed by atoms with Crippen molar-refractivity contribution in [1.29, 1.82) is 0 Å². The third-order valence-corrected chi connectivity index (χ3v) is 6.03. The van der Waals surface area contributed by atoms with Crippen LogP contribution in [0.3, 0.4) is 0 Å². The Balaban J connectivity index is 1.23. The Morgan fingerprint density at radius 1 is 1.24 bits per heavy atom. The summed E-state index contributed by atoms with van der Waals surface area (Å²) >= 11 is 0. The lowest BCUT2D eigenvalue weighted by Gasteiger charge is -2.48. The maximum Gasteiger partial charge on any atom is 0.419 e. The average Bonchev–Trinajstić information content (AvgIpc) is 3.22. The third kappa shape index (κ3) is 3.07. The normalized spacial score (nSPS) is 18.4. The number of fused-ring (bicyclic) bond motifs is 1. The van der Waals surface area contributed by atoms with Crippen molar-refractivity contribution in [2.45, 2.75) is 13.0 Å². The van der Waals surface area contributed by atoms with E-state index in [9.17, 15) is 14.4 Å². The van der Waals surface area contributed by atoms with Gasteiger partial charge < -0.3 is 9.32 Å². The molecule has 1 N–H and O–H groups in total. The van der Waals surface area contributed by atoms with Crippen LogP contribution >= 0.6 is 0 Å². The summed E-state index contributed by atoms with van der Waals surface area (Å²) in [6.45, 7) is 4.08. The van der Waals surface area contributed by atoms with Gasteiger partial charge in [0.2, 0.25) is 0 Å². The van der Waals surface area contributed by atoms with E-state index >= 15 is 0 Å². The first-order valence-electron chi connectivity index (χ1n) is 9.57. The molecule has 1 spiro atoms. The number of carbonyl (C=O) groups excluding carboxylic acids is 1. The Labute approximate surface area is 165 Å². The minimum atomic E-state index is -0.370. The van der Waals surface area contributed by atoms with Crippen LogP contribution in [0, 0.1) is 5.41 Å². The smallest absolute Gasteiger partial charge is 0.408 e. The van der Waals surface area contributed by atoms with Crippen LogP contribution in [0.25, 0.3) is 11.1 Å². The SMILES string of the molecule is Cn1c(=O)oc2ccc(CN3CCC4(C3)CN(C(=O)c3cn[nH]c(=O)c3)C4)cc21. The monoisotopic (exact) mass is 395 g/mol. The largest absolute Gasteiger partial charge is 0.419 e. The highest BCUT2D eigenvalue weighted by Gasteiger charge is 2.49. The van der Waals surface area contributed by atoms with Gasteiger partial charge in [-0.25, -0.2) is 9.89 Å². The predicted octanol–water partition coefficient (Wildman–Crippen LogP) is 0.563. The van der Waals surface area contributed by atoms with Crippen molar-refractivity contribution in [3.63, 3.8) is 0 Å². The molecule has 0 bridgehead atoms. The topological polar surface area (TPSA) is 104 Å². The minimum Gasteiger partial charge on any atom is -0.408 e. The molecule has 2 fully saturated rings. The Kier molecular flexibility index (Phi) is 3.95. The molecule has 0 unspecified atom stereocenters. The quantitative estimate of drug-likeness (QED) is 0.695. The lowest BCUT2D eigenvalue weighted by Crippen LogP contribution is -2.59. The van der Waals surface area contributed by atoms with E-state index in [1.165, 1.54) is 16.8 Å². The number of hydrogen-bond donors (Lipinski definition) is 1. The van der Waals surface area contributed by atoms with Gasteiger partial charge in [0.05, 0.1) is 17.3 Å². The van der Waals surface area contributed by atoms with Gasteiger partial charge in [0.25, 0.3) is 11.5 Å². The molecule has 9 nitrogen and oxygen atoms in total. The Bertz CT molecular complexity index is 1220. The van der Waals surface area contributed by atoms with Crippen LogP contribution in [0.2, 0.25) is 0 Å². The summed E-state index contributed by atoms with van der Waals surface area (Å²) in [5.41, 5.74) is 2.61. The molecule has 150 valence electrons. The molecule has 2 aromatic heterocycles. The van der Waals surface area contributed by atoms with Gasteiger partial charge in [0.1, 0.15) is 0 Å². The predicted molar refractivity (Wildman–Crippen MR) is 105 cm³/mol. The van der Waals surface area contributed by atoms with E-state index in [-0.39, 0.29) is 22.6 Å². The standard InChI is InChI=1S/C20H21N5O4/c1-23-15-6-13(2-3-16(15)29-19(23)28)9-24-5-4-20(10-24)11-25(12-20)18(27)14-7-17(26)22-21-8-14/h2-3,6-8H,4-5,9-12H2,1H3,(H,22,26). The number of benzene rings is 1. The molecule has 0 aliphatic carbocycles. The van der Waals surface area contributed by atoms with Gasteiger partial charge in [-0.15, -0.1) is 0 Å². The molecule has 29 heavy (non-hydrogen) atoms. The van der Waals surface area contributed by atoms with Gasteiger partial charge in [-0.1, -0.05) is 6.07 Å². The van der Waals surface area contributed by atoms with E-state index in [1.54, 1.807) is 11.9 Å². The molecule has 5 rings (SSSR count). The number of carbonyl (C=O) groups is 1. The molecule has 0 atom stereocenters. The second-order valence-corrected chi connectivity index (χ2v) is 8.18. The fourth-order valence-corrected chi connectivity index (χ4v) is 4.53. The number of oxazole rings is 1. The second kappa shape index (κ2) is 6.41. The number of H-pyrrole nitrogens is 1. The minimum absolute atomic E-state index is 0.122. The van der Waals surface area contributed by atoms with E-state index in [2.05, 4.69) is 15.1 Å². The second-order valence-electron chi connectivity index (χ2n) is 8.18. The maximum atomic E-state index is 12.5. The van der Waals surface area contributed by atoms with Crippen molar-refractivity contribution in [3.8, 4) is 0 Å². The number of amides is 1. The number of nitrogens with one attached hydrogen (secondary N) is 1. The Morgan fingerprint density at radius 2 is 2.07 bits per heavy atom. The third-order valence-electron chi connectivity index (χ3n) is 6.03. The molecule has 2 aliphatic heterocycles. The number of hydrogen-bond acceptors (Lipinski definition) is 6. The molecule has 0 radical (unpaired) electrons. The molecule has 0 saturated carbocycles. The van der Waals surface area contributed by atoms with Crippen LogP contribution in [-0.2, 0) is 13.6 Å². The fraction of sp³-hybridized carbons (Fsp3) is 0.400. The molecular weight excluding hydrogens is 374 g/mol. The van der Waals surface area contributed by atoms with Crippen molar-refractivity contribution in [1.82, 2.24) is 24.6 Å². The van der Waals surface area contributed by atoms with Crippen molar-refractivity contribution >= 4 is 17.0 Å². The summed E-state index contributed by atoms with van der Waals surface area (Å²) < 4.78 is 6.71. The molecule has 2 saturated heterocycles. The first kappa shape index (κ1) is 17.9. The molecular formula is C20H21N5O4. The molecule has 1 aromatic carbocycles. The molecule has 2 aliphatic rings. The van der Waals surface area contributed by atoms with Crippen molar-refractivity contribution in [2.75, 3.05) is 26.2 Å². The number of aromatic nitrogens is 3. The zero-order valence-electron chi connectivity index (χ0n) is 16.1. The van der Waals surface area contributed by atoms with Crippen molar-refractivity contribution in [3.05, 3.63) is 62.5 Å². The van der Waals surface area contributed by atoms with Gasteiger partial charge in [-0.05, 0) is 30.7 Å². The van der Waals surface area contributed by atoms with Crippen LogP contribution < -0.4 is 11.3 Å². The lowest BCUT2D eigenvalue weighted by molar-refractivity contribution is 0.0103. The number of aryl methyl sites for hydroxylation is 1.